The number of nitrogens with one attached hydrogen (secondary N) is 1. The highest BCUT2D eigenvalue weighted by molar-refractivity contribution is 5.16. The van der Waals surface area contributed by atoms with Crippen LogP contribution in [0, 0.1) is 11.3 Å². The van der Waals surface area contributed by atoms with Crippen LogP contribution in [0.2, 0.25) is 0 Å². The van der Waals surface area contributed by atoms with Gasteiger partial charge in [-0.2, -0.15) is 5.26 Å². The van der Waals surface area contributed by atoms with Crippen LogP contribution in [0.1, 0.15) is 31.7 Å². The Kier molecular flexibility index (Phi) is 4.95. The van der Waals surface area contributed by atoms with Crippen molar-refractivity contribution in [1.82, 2.24) is 10.2 Å². The van der Waals surface area contributed by atoms with Crippen LogP contribution in [0.5, 0.6) is 0 Å². The maximum absolute atomic E-state index is 9.51. The largest absolute Gasteiger partial charge is 0.298 e. The first-order valence-electron chi connectivity index (χ1n) is 7.20. The lowest BCUT2D eigenvalue weighted by molar-refractivity contribution is 0.149. The van der Waals surface area contributed by atoms with Crippen molar-refractivity contribution in [3.05, 3.63) is 35.9 Å². The molecule has 1 aliphatic heterocycles. The highest BCUT2D eigenvalue weighted by atomic mass is 15.2. The topological polar surface area (TPSA) is 39.1 Å². The van der Waals surface area contributed by atoms with Crippen molar-refractivity contribution in [1.29, 1.82) is 5.26 Å². The first-order valence-corrected chi connectivity index (χ1v) is 7.20. The van der Waals surface area contributed by atoms with Crippen LogP contribution in [0.4, 0.5) is 0 Å². The monoisotopic (exact) mass is 257 g/mol. The number of hydrogen-bond acceptors (Lipinski definition) is 3. The number of rotatable bonds is 5. The number of likely N-dealkylation sites (tertiary alicyclic amines) is 1. The smallest absolute Gasteiger partial charge is 0.119 e. The van der Waals surface area contributed by atoms with Crippen LogP contribution in [0.3, 0.4) is 0 Å². The summed E-state index contributed by atoms with van der Waals surface area (Å²) in [5, 5.41) is 13.0. The van der Waals surface area contributed by atoms with Crippen molar-refractivity contribution in [2.24, 2.45) is 0 Å². The predicted octanol–water partition coefficient (Wildman–Crippen LogP) is 2.54. The van der Waals surface area contributed by atoms with Crippen LogP contribution in [0.15, 0.2) is 30.3 Å². The van der Waals surface area contributed by atoms with E-state index in [2.05, 4.69) is 47.5 Å². The highest BCUT2D eigenvalue weighted by Crippen LogP contribution is 2.22. The van der Waals surface area contributed by atoms with Gasteiger partial charge in [0, 0.05) is 13.1 Å². The molecule has 1 heterocycles. The molecule has 1 saturated heterocycles. The lowest BCUT2D eigenvalue weighted by atomic mass is 9.90. The molecule has 19 heavy (non-hydrogen) atoms. The molecule has 1 fully saturated rings. The fraction of sp³-hybridized carbons (Fsp3) is 0.562. The molecule has 0 amide bonds. The maximum Gasteiger partial charge on any atom is 0.119 e. The molecule has 2 rings (SSSR count). The van der Waals surface area contributed by atoms with Crippen LogP contribution < -0.4 is 5.32 Å². The molecule has 0 saturated carbocycles. The van der Waals surface area contributed by atoms with E-state index < -0.39 is 0 Å². The van der Waals surface area contributed by atoms with Gasteiger partial charge in [0.05, 0.1) is 6.07 Å². The average molecular weight is 257 g/mol. The van der Waals surface area contributed by atoms with Gasteiger partial charge in [0.1, 0.15) is 5.54 Å². The molecule has 3 heteroatoms. The Labute approximate surface area is 116 Å². The zero-order valence-electron chi connectivity index (χ0n) is 11.7. The summed E-state index contributed by atoms with van der Waals surface area (Å²) in [5.74, 6) is 0. The number of piperidine rings is 1. The first-order chi connectivity index (χ1) is 9.28. The van der Waals surface area contributed by atoms with Gasteiger partial charge < -0.3 is 0 Å². The van der Waals surface area contributed by atoms with Crippen molar-refractivity contribution in [3.8, 4) is 6.07 Å². The molecular formula is C16H23N3. The van der Waals surface area contributed by atoms with Crippen molar-refractivity contribution in [3.63, 3.8) is 0 Å². The number of hydrogen-bond donors (Lipinski definition) is 1. The minimum Gasteiger partial charge on any atom is -0.298 e. The third kappa shape index (κ3) is 3.79. The van der Waals surface area contributed by atoms with E-state index in [0.29, 0.717) is 0 Å². The Balaban J connectivity index is 1.98. The van der Waals surface area contributed by atoms with Crippen LogP contribution in [-0.2, 0) is 6.54 Å². The summed E-state index contributed by atoms with van der Waals surface area (Å²) in [6, 6.07) is 13.0. The molecule has 1 N–H and O–H groups in total. The van der Waals surface area contributed by atoms with E-state index in [-0.39, 0.29) is 5.54 Å². The quantitative estimate of drug-likeness (QED) is 0.881. The number of benzene rings is 1. The Bertz CT molecular complexity index is 423. The minimum atomic E-state index is -0.344. The van der Waals surface area contributed by atoms with Crippen molar-refractivity contribution < 1.29 is 0 Å². The Morgan fingerprint density at radius 1 is 1.37 bits per heavy atom. The van der Waals surface area contributed by atoms with E-state index in [0.717, 1.165) is 45.4 Å². The summed E-state index contributed by atoms with van der Waals surface area (Å²) in [4.78, 5) is 2.39. The van der Waals surface area contributed by atoms with Gasteiger partial charge >= 0.3 is 0 Å². The molecule has 0 spiro atoms. The van der Waals surface area contributed by atoms with Crippen LogP contribution in [0.25, 0.3) is 0 Å². The molecule has 0 bridgehead atoms. The van der Waals surface area contributed by atoms with Gasteiger partial charge in [0.25, 0.3) is 0 Å². The second-order valence-corrected chi connectivity index (χ2v) is 5.42. The standard InChI is InChI=1S/C16H23N3/c1-2-10-18-16(13-17)9-6-11-19(14-16)12-15-7-4-3-5-8-15/h3-5,7-8,18H,2,6,9-12,14H2,1H3. The van der Waals surface area contributed by atoms with Crippen molar-refractivity contribution >= 4 is 0 Å². The fourth-order valence-electron chi connectivity index (χ4n) is 2.76. The fourth-order valence-corrected chi connectivity index (χ4v) is 2.76. The van der Waals surface area contributed by atoms with Crippen LogP contribution >= 0.6 is 0 Å². The first kappa shape index (κ1) is 14.0. The van der Waals surface area contributed by atoms with Gasteiger partial charge in [0.15, 0.2) is 0 Å². The van der Waals surface area contributed by atoms with Gasteiger partial charge in [-0.25, -0.2) is 0 Å². The lowest BCUT2D eigenvalue weighted by Crippen LogP contribution is -2.56. The van der Waals surface area contributed by atoms with E-state index in [9.17, 15) is 5.26 Å². The second-order valence-electron chi connectivity index (χ2n) is 5.42. The molecular weight excluding hydrogens is 234 g/mol. The maximum atomic E-state index is 9.51. The van der Waals surface area contributed by atoms with E-state index in [1.807, 2.05) is 6.07 Å². The van der Waals surface area contributed by atoms with Gasteiger partial charge in [-0.1, -0.05) is 37.3 Å². The minimum absolute atomic E-state index is 0.344. The third-order valence-corrected chi connectivity index (χ3v) is 3.75. The molecule has 1 aromatic carbocycles. The summed E-state index contributed by atoms with van der Waals surface area (Å²) >= 11 is 0. The molecule has 0 aliphatic carbocycles. The predicted molar refractivity (Wildman–Crippen MR) is 77.6 cm³/mol. The van der Waals surface area contributed by atoms with Gasteiger partial charge in [-0.05, 0) is 37.9 Å². The van der Waals surface area contributed by atoms with Gasteiger partial charge in [-0.3, -0.25) is 10.2 Å². The zero-order valence-corrected chi connectivity index (χ0v) is 11.7. The third-order valence-electron chi connectivity index (χ3n) is 3.75. The van der Waals surface area contributed by atoms with E-state index in [1.54, 1.807) is 0 Å². The molecule has 1 aliphatic rings. The Hall–Kier alpha value is -1.37. The number of nitriles is 1. The highest BCUT2D eigenvalue weighted by Gasteiger charge is 2.34. The molecule has 1 atom stereocenters. The zero-order chi connectivity index (χ0) is 13.6. The summed E-state index contributed by atoms with van der Waals surface area (Å²) in [6.45, 7) is 5.93. The van der Waals surface area contributed by atoms with Crippen molar-refractivity contribution in [2.45, 2.75) is 38.3 Å². The Morgan fingerprint density at radius 2 is 2.16 bits per heavy atom. The number of nitrogens with zero attached hydrogens (tertiary/aromatic N) is 2. The molecule has 102 valence electrons. The van der Waals surface area contributed by atoms with Crippen molar-refractivity contribution in [2.75, 3.05) is 19.6 Å². The lowest BCUT2D eigenvalue weighted by Gasteiger charge is -2.39. The van der Waals surface area contributed by atoms with Gasteiger partial charge in [0.2, 0.25) is 0 Å². The van der Waals surface area contributed by atoms with E-state index in [4.69, 9.17) is 0 Å². The normalized spacial score (nSPS) is 24.0. The SMILES string of the molecule is CCCNC1(C#N)CCCN(Cc2ccccc2)C1. The summed E-state index contributed by atoms with van der Waals surface area (Å²) < 4.78 is 0. The van der Waals surface area contributed by atoms with Crippen LogP contribution in [-0.4, -0.2) is 30.1 Å². The Morgan fingerprint density at radius 3 is 2.84 bits per heavy atom. The summed E-state index contributed by atoms with van der Waals surface area (Å²) in [6.07, 6.45) is 3.13. The summed E-state index contributed by atoms with van der Waals surface area (Å²) in [7, 11) is 0. The second kappa shape index (κ2) is 6.70. The van der Waals surface area contributed by atoms with E-state index in [1.165, 1.54) is 5.56 Å². The molecule has 0 radical (unpaired) electrons. The molecule has 1 aromatic rings. The van der Waals surface area contributed by atoms with E-state index >= 15 is 0 Å². The summed E-state index contributed by atoms with van der Waals surface area (Å²) in [5.41, 5.74) is 0.981. The molecule has 0 aromatic heterocycles. The molecule has 3 nitrogen and oxygen atoms in total. The average Bonchev–Trinajstić information content (AvgIpc) is 2.46. The molecule has 1 unspecified atom stereocenters. The van der Waals surface area contributed by atoms with Gasteiger partial charge in [-0.15, -0.1) is 0 Å².